The van der Waals surface area contributed by atoms with Crippen LogP contribution in [-0.4, -0.2) is 29.0 Å². The molecule has 4 rings (SSSR count). The van der Waals surface area contributed by atoms with Crippen molar-refractivity contribution in [3.05, 3.63) is 58.4 Å². The number of hydrogen-bond donors (Lipinski definition) is 1. The molecule has 1 aliphatic heterocycles. The first kappa shape index (κ1) is 16.9. The van der Waals surface area contributed by atoms with E-state index >= 15 is 0 Å². The number of carbonyl (C=O) groups excluding carboxylic acids is 1. The van der Waals surface area contributed by atoms with Crippen LogP contribution >= 0.6 is 15.9 Å². The number of halogens is 2. The number of anilines is 2. The van der Waals surface area contributed by atoms with Crippen LogP contribution in [0.1, 0.15) is 23.3 Å². The molecule has 1 amide bonds. The third kappa shape index (κ3) is 3.26. The fourth-order valence-corrected chi connectivity index (χ4v) is 3.40. The summed E-state index contributed by atoms with van der Waals surface area (Å²) in [4.78, 5) is 24.1. The quantitative estimate of drug-likeness (QED) is 0.690. The molecule has 2 aromatic carbocycles. The number of para-hydroxylation sites is 2. The van der Waals surface area contributed by atoms with E-state index in [4.69, 9.17) is 0 Å². The molecule has 1 saturated heterocycles. The molecule has 26 heavy (non-hydrogen) atoms. The molecule has 0 radical (unpaired) electrons. The lowest BCUT2D eigenvalue weighted by Gasteiger charge is -2.19. The highest BCUT2D eigenvalue weighted by atomic mass is 79.9. The van der Waals surface area contributed by atoms with Crippen molar-refractivity contribution >= 4 is 44.4 Å². The number of hydrogen-bond acceptors (Lipinski definition) is 4. The molecule has 1 aromatic heterocycles. The van der Waals surface area contributed by atoms with Crippen LogP contribution < -0.4 is 10.2 Å². The molecule has 0 aliphatic carbocycles. The molecule has 0 bridgehead atoms. The number of benzene rings is 2. The van der Waals surface area contributed by atoms with Crippen LogP contribution in [0.25, 0.3) is 11.0 Å². The van der Waals surface area contributed by atoms with Gasteiger partial charge < -0.3 is 10.2 Å². The molecule has 0 atom stereocenters. The Bertz CT molecular complexity index is 988. The number of nitrogens with one attached hydrogen (secondary N) is 1. The molecule has 0 saturated carbocycles. The van der Waals surface area contributed by atoms with E-state index in [0.29, 0.717) is 15.8 Å². The number of nitrogens with zero attached hydrogens (tertiary/aromatic N) is 3. The molecule has 1 N–H and O–H groups in total. The lowest BCUT2D eigenvalue weighted by atomic mass is 10.2. The average molecular weight is 415 g/mol. The van der Waals surface area contributed by atoms with Crippen molar-refractivity contribution in [1.29, 1.82) is 0 Å². The first-order chi connectivity index (χ1) is 12.6. The molecule has 7 heteroatoms. The Balaban J connectivity index is 1.75. The van der Waals surface area contributed by atoms with E-state index < -0.39 is 11.7 Å². The van der Waals surface area contributed by atoms with Crippen molar-refractivity contribution < 1.29 is 9.18 Å². The van der Waals surface area contributed by atoms with E-state index in [2.05, 4.69) is 36.1 Å². The molecule has 3 aromatic rings. The van der Waals surface area contributed by atoms with Crippen molar-refractivity contribution in [2.75, 3.05) is 23.3 Å². The van der Waals surface area contributed by atoms with Gasteiger partial charge in [-0.05, 0) is 43.2 Å². The summed E-state index contributed by atoms with van der Waals surface area (Å²) in [6, 6.07) is 11.9. The second-order valence-electron chi connectivity index (χ2n) is 6.16. The van der Waals surface area contributed by atoms with Crippen LogP contribution in [0.15, 0.2) is 46.9 Å². The van der Waals surface area contributed by atoms with Crippen LogP contribution in [0.4, 0.5) is 15.9 Å². The number of carbonyl (C=O) groups is 1. The van der Waals surface area contributed by atoms with Crippen LogP contribution in [0.2, 0.25) is 0 Å². The van der Waals surface area contributed by atoms with Gasteiger partial charge in [-0.2, -0.15) is 0 Å². The summed E-state index contributed by atoms with van der Waals surface area (Å²) in [5.74, 6) is -0.424. The van der Waals surface area contributed by atoms with Gasteiger partial charge in [0.1, 0.15) is 5.82 Å². The van der Waals surface area contributed by atoms with Crippen LogP contribution in [0.5, 0.6) is 0 Å². The molecule has 0 unspecified atom stereocenters. The van der Waals surface area contributed by atoms with Crippen molar-refractivity contribution in [2.24, 2.45) is 0 Å². The van der Waals surface area contributed by atoms with Gasteiger partial charge in [0.25, 0.3) is 5.91 Å². The minimum Gasteiger partial charge on any atom is -0.355 e. The number of aromatic nitrogens is 2. The maximum absolute atomic E-state index is 14.1. The van der Waals surface area contributed by atoms with Gasteiger partial charge in [-0.25, -0.2) is 14.4 Å². The van der Waals surface area contributed by atoms with Crippen molar-refractivity contribution in [2.45, 2.75) is 12.8 Å². The van der Waals surface area contributed by atoms with Crippen LogP contribution in [0.3, 0.4) is 0 Å². The first-order valence-corrected chi connectivity index (χ1v) is 9.19. The maximum Gasteiger partial charge on any atom is 0.278 e. The Kier molecular flexibility index (Phi) is 4.55. The van der Waals surface area contributed by atoms with Gasteiger partial charge in [-0.1, -0.05) is 28.1 Å². The molecule has 2 heterocycles. The van der Waals surface area contributed by atoms with E-state index in [-0.39, 0.29) is 11.4 Å². The molecular formula is C19H16BrFN4O. The zero-order chi connectivity index (χ0) is 18.1. The second kappa shape index (κ2) is 6.99. The zero-order valence-corrected chi connectivity index (χ0v) is 15.5. The second-order valence-corrected chi connectivity index (χ2v) is 7.07. The Morgan fingerprint density at radius 2 is 1.77 bits per heavy atom. The van der Waals surface area contributed by atoms with Gasteiger partial charge in [0, 0.05) is 17.6 Å². The normalized spacial score (nSPS) is 14.0. The topological polar surface area (TPSA) is 58.1 Å². The van der Waals surface area contributed by atoms with Crippen molar-refractivity contribution in [1.82, 2.24) is 9.97 Å². The number of rotatable bonds is 3. The standard InChI is InChI=1S/C19H16BrFN4O/c20-12-7-8-14(13(21)11-12)24-19(26)17-18(25-9-3-4-10-25)23-16-6-2-1-5-15(16)22-17/h1-2,5-8,11H,3-4,9-10H2,(H,24,26). The highest BCUT2D eigenvalue weighted by molar-refractivity contribution is 9.10. The highest BCUT2D eigenvalue weighted by Crippen LogP contribution is 2.26. The Labute approximate surface area is 158 Å². The van der Waals surface area contributed by atoms with Crippen LogP contribution in [-0.2, 0) is 0 Å². The van der Waals surface area contributed by atoms with E-state index in [1.807, 2.05) is 24.3 Å². The summed E-state index contributed by atoms with van der Waals surface area (Å²) in [6.07, 6.45) is 2.10. The summed E-state index contributed by atoms with van der Waals surface area (Å²) in [5, 5.41) is 2.62. The van der Waals surface area contributed by atoms with Gasteiger partial charge in [-0.3, -0.25) is 4.79 Å². The van der Waals surface area contributed by atoms with E-state index in [9.17, 15) is 9.18 Å². The summed E-state index contributed by atoms with van der Waals surface area (Å²) in [6.45, 7) is 1.67. The molecule has 5 nitrogen and oxygen atoms in total. The summed E-state index contributed by atoms with van der Waals surface area (Å²) in [5.41, 5.74) is 1.70. The SMILES string of the molecule is O=C(Nc1ccc(Br)cc1F)c1nc2ccccc2nc1N1CCCC1. The smallest absolute Gasteiger partial charge is 0.278 e. The monoisotopic (exact) mass is 414 g/mol. The Hall–Kier alpha value is -2.54. The van der Waals surface area contributed by atoms with Gasteiger partial charge >= 0.3 is 0 Å². The number of fused-ring (bicyclic) bond motifs is 1. The highest BCUT2D eigenvalue weighted by Gasteiger charge is 2.24. The minimum atomic E-state index is -0.510. The Morgan fingerprint density at radius 1 is 1.08 bits per heavy atom. The third-order valence-electron chi connectivity index (χ3n) is 4.35. The summed E-state index contributed by atoms with van der Waals surface area (Å²) in [7, 11) is 0. The van der Waals surface area contributed by atoms with Gasteiger partial charge in [0.05, 0.1) is 16.7 Å². The predicted molar refractivity (Wildman–Crippen MR) is 103 cm³/mol. The summed E-state index contributed by atoms with van der Waals surface area (Å²) >= 11 is 3.21. The zero-order valence-electron chi connectivity index (χ0n) is 13.9. The van der Waals surface area contributed by atoms with Gasteiger partial charge in [-0.15, -0.1) is 0 Å². The van der Waals surface area contributed by atoms with Gasteiger partial charge in [0.15, 0.2) is 11.5 Å². The van der Waals surface area contributed by atoms with Gasteiger partial charge in [0.2, 0.25) is 0 Å². The average Bonchev–Trinajstić information content (AvgIpc) is 3.17. The lowest BCUT2D eigenvalue weighted by Crippen LogP contribution is -2.25. The molecule has 0 spiro atoms. The largest absolute Gasteiger partial charge is 0.355 e. The fraction of sp³-hybridized carbons (Fsp3) is 0.211. The predicted octanol–water partition coefficient (Wildman–Crippen LogP) is 4.38. The van der Waals surface area contributed by atoms with E-state index in [0.717, 1.165) is 31.4 Å². The van der Waals surface area contributed by atoms with E-state index in [1.165, 1.54) is 12.1 Å². The molecule has 132 valence electrons. The van der Waals surface area contributed by atoms with E-state index in [1.54, 1.807) is 6.07 Å². The minimum absolute atomic E-state index is 0.112. The Morgan fingerprint density at radius 3 is 2.46 bits per heavy atom. The summed E-state index contributed by atoms with van der Waals surface area (Å²) < 4.78 is 14.7. The molecular weight excluding hydrogens is 399 g/mol. The maximum atomic E-state index is 14.1. The lowest BCUT2D eigenvalue weighted by molar-refractivity contribution is 0.102. The number of amides is 1. The van der Waals surface area contributed by atoms with Crippen molar-refractivity contribution in [3.8, 4) is 0 Å². The van der Waals surface area contributed by atoms with Crippen molar-refractivity contribution in [3.63, 3.8) is 0 Å². The fourth-order valence-electron chi connectivity index (χ4n) is 3.06. The molecule has 1 fully saturated rings. The third-order valence-corrected chi connectivity index (χ3v) is 4.85. The first-order valence-electron chi connectivity index (χ1n) is 8.40. The van der Waals surface area contributed by atoms with Crippen LogP contribution in [0, 0.1) is 5.82 Å². The molecule has 1 aliphatic rings.